The number of pyridine rings is 1. The van der Waals surface area contributed by atoms with Gasteiger partial charge in [-0.2, -0.15) is 0 Å². The van der Waals surface area contributed by atoms with Crippen LogP contribution >= 0.6 is 15.9 Å². The molecule has 2 nitrogen and oxygen atoms in total. The molecule has 1 aliphatic heterocycles. The summed E-state index contributed by atoms with van der Waals surface area (Å²) >= 11 is 3.47. The number of aromatic nitrogens is 1. The molecule has 0 amide bonds. The van der Waals surface area contributed by atoms with Crippen molar-refractivity contribution >= 4 is 15.9 Å². The first-order valence-electron chi connectivity index (χ1n) is 5.58. The van der Waals surface area contributed by atoms with Crippen molar-refractivity contribution in [1.29, 1.82) is 0 Å². The van der Waals surface area contributed by atoms with Crippen LogP contribution in [0.2, 0.25) is 0 Å². The molecule has 1 saturated heterocycles. The van der Waals surface area contributed by atoms with Gasteiger partial charge in [0.05, 0.1) is 0 Å². The molecule has 1 saturated carbocycles. The van der Waals surface area contributed by atoms with E-state index in [0.29, 0.717) is 0 Å². The van der Waals surface area contributed by atoms with E-state index < -0.39 is 0 Å². The van der Waals surface area contributed by atoms with Crippen molar-refractivity contribution < 1.29 is 0 Å². The minimum atomic E-state index is 0.736. The van der Waals surface area contributed by atoms with Crippen molar-refractivity contribution in [2.45, 2.75) is 25.8 Å². The summed E-state index contributed by atoms with van der Waals surface area (Å²) in [6.07, 6.45) is 8.15. The van der Waals surface area contributed by atoms with Crippen molar-refractivity contribution in [3.05, 3.63) is 28.5 Å². The minimum Gasteiger partial charge on any atom is -0.298 e. The third-order valence-electron chi connectivity index (χ3n) is 3.64. The molecule has 2 heterocycles. The van der Waals surface area contributed by atoms with Gasteiger partial charge in [0.1, 0.15) is 0 Å². The maximum atomic E-state index is 4.20. The van der Waals surface area contributed by atoms with Gasteiger partial charge in [-0.25, -0.2) is 0 Å². The first-order valence-corrected chi connectivity index (χ1v) is 6.37. The monoisotopic (exact) mass is 266 g/mol. The molecule has 0 N–H and O–H groups in total. The largest absolute Gasteiger partial charge is 0.298 e. The molecule has 0 unspecified atom stereocenters. The van der Waals surface area contributed by atoms with E-state index in [-0.39, 0.29) is 0 Å². The summed E-state index contributed by atoms with van der Waals surface area (Å²) in [7, 11) is 0. The lowest BCUT2D eigenvalue weighted by molar-refractivity contribution is 0.312. The minimum absolute atomic E-state index is 0.736. The third kappa shape index (κ3) is 2.08. The standard InChI is InChI=1S/C12H15BrN2/c13-11-5-10(6-14-7-11)8-15-4-3-12(9-15)1-2-12/h5-7H,1-4,8-9H2. The van der Waals surface area contributed by atoms with Gasteiger partial charge in [-0.1, -0.05) is 0 Å². The first-order chi connectivity index (χ1) is 7.26. The molecule has 1 aliphatic carbocycles. The highest BCUT2D eigenvalue weighted by molar-refractivity contribution is 9.10. The molecule has 3 rings (SSSR count). The Hall–Kier alpha value is -0.410. The van der Waals surface area contributed by atoms with E-state index in [1.54, 1.807) is 0 Å². The van der Waals surface area contributed by atoms with Gasteiger partial charge in [-0.15, -0.1) is 0 Å². The SMILES string of the molecule is Brc1cncc(CN2CCC3(CC3)C2)c1. The quantitative estimate of drug-likeness (QED) is 0.819. The topological polar surface area (TPSA) is 16.1 Å². The normalized spacial score (nSPS) is 23.5. The predicted molar refractivity (Wildman–Crippen MR) is 63.5 cm³/mol. The smallest absolute Gasteiger partial charge is 0.0410 e. The van der Waals surface area contributed by atoms with Crippen LogP contribution in [0.1, 0.15) is 24.8 Å². The second-order valence-corrected chi connectivity index (χ2v) is 5.89. The van der Waals surface area contributed by atoms with E-state index in [0.717, 1.165) is 16.4 Å². The van der Waals surface area contributed by atoms with Gasteiger partial charge in [0.25, 0.3) is 0 Å². The second-order valence-electron chi connectivity index (χ2n) is 4.97. The lowest BCUT2D eigenvalue weighted by atomic mass is 10.1. The van der Waals surface area contributed by atoms with Crippen molar-refractivity contribution in [2.75, 3.05) is 13.1 Å². The maximum Gasteiger partial charge on any atom is 0.0410 e. The summed E-state index contributed by atoms with van der Waals surface area (Å²) in [5, 5.41) is 0. The zero-order chi connectivity index (χ0) is 10.3. The molecule has 2 aliphatic rings. The van der Waals surface area contributed by atoms with Crippen LogP contribution in [0.25, 0.3) is 0 Å². The molecule has 2 fully saturated rings. The van der Waals surface area contributed by atoms with Gasteiger partial charge >= 0.3 is 0 Å². The summed E-state index contributed by atoms with van der Waals surface area (Å²) in [5.74, 6) is 0. The average molecular weight is 267 g/mol. The Kier molecular flexibility index (Phi) is 2.33. The molecule has 1 aromatic rings. The molecule has 80 valence electrons. The predicted octanol–water partition coefficient (Wildman–Crippen LogP) is 2.83. The van der Waals surface area contributed by atoms with E-state index in [9.17, 15) is 0 Å². The summed E-state index contributed by atoms with van der Waals surface area (Å²) in [6.45, 7) is 3.64. The Morgan fingerprint density at radius 3 is 2.87 bits per heavy atom. The molecular weight excluding hydrogens is 252 g/mol. The maximum absolute atomic E-state index is 4.20. The highest BCUT2D eigenvalue weighted by atomic mass is 79.9. The lowest BCUT2D eigenvalue weighted by Crippen LogP contribution is -2.20. The Labute approximate surface area is 98.8 Å². The summed E-state index contributed by atoms with van der Waals surface area (Å²) in [6, 6.07) is 2.17. The molecule has 0 bridgehead atoms. The highest BCUT2D eigenvalue weighted by Crippen LogP contribution is 2.52. The second kappa shape index (κ2) is 3.56. The molecule has 1 spiro atoms. The van der Waals surface area contributed by atoms with Crippen molar-refractivity contribution in [2.24, 2.45) is 5.41 Å². The molecule has 3 heteroatoms. The van der Waals surface area contributed by atoms with E-state index in [4.69, 9.17) is 0 Å². The zero-order valence-electron chi connectivity index (χ0n) is 8.75. The summed E-state index contributed by atoms with van der Waals surface area (Å²) in [5.41, 5.74) is 2.06. The van der Waals surface area contributed by atoms with E-state index in [1.807, 2.05) is 12.4 Å². The number of halogens is 1. The number of likely N-dealkylation sites (tertiary alicyclic amines) is 1. The van der Waals surface area contributed by atoms with Crippen LogP contribution in [0.15, 0.2) is 22.9 Å². The molecule has 1 aromatic heterocycles. The fourth-order valence-corrected chi connectivity index (χ4v) is 2.96. The number of nitrogens with zero attached hydrogens (tertiary/aromatic N) is 2. The van der Waals surface area contributed by atoms with Gasteiger partial charge in [0.2, 0.25) is 0 Å². The fourth-order valence-electron chi connectivity index (χ4n) is 2.55. The summed E-state index contributed by atoms with van der Waals surface area (Å²) < 4.78 is 1.08. The Morgan fingerprint density at radius 1 is 1.33 bits per heavy atom. The van der Waals surface area contributed by atoms with Gasteiger partial charge in [-0.3, -0.25) is 9.88 Å². The molecule has 0 atom stereocenters. The van der Waals surface area contributed by atoms with Gasteiger partial charge in [-0.05, 0) is 58.8 Å². The van der Waals surface area contributed by atoms with Crippen molar-refractivity contribution in [3.8, 4) is 0 Å². The third-order valence-corrected chi connectivity index (χ3v) is 4.08. The zero-order valence-corrected chi connectivity index (χ0v) is 10.3. The molecule has 0 aromatic carbocycles. The molecule has 0 radical (unpaired) electrons. The van der Waals surface area contributed by atoms with E-state index in [2.05, 4.69) is 31.9 Å². The fraction of sp³-hybridized carbons (Fsp3) is 0.583. The van der Waals surface area contributed by atoms with Gasteiger partial charge in [0.15, 0.2) is 0 Å². The summed E-state index contributed by atoms with van der Waals surface area (Å²) in [4.78, 5) is 6.77. The first kappa shape index (κ1) is 9.79. The Bertz CT molecular complexity index is 374. The number of hydrogen-bond donors (Lipinski definition) is 0. The van der Waals surface area contributed by atoms with E-state index >= 15 is 0 Å². The highest BCUT2D eigenvalue weighted by Gasteiger charge is 2.47. The Morgan fingerprint density at radius 2 is 2.20 bits per heavy atom. The number of rotatable bonds is 2. The van der Waals surface area contributed by atoms with E-state index in [1.165, 1.54) is 37.9 Å². The van der Waals surface area contributed by atoms with Crippen LogP contribution in [0.5, 0.6) is 0 Å². The van der Waals surface area contributed by atoms with Crippen LogP contribution in [0.4, 0.5) is 0 Å². The van der Waals surface area contributed by atoms with Crippen LogP contribution < -0.4 is 0 Å². The molecule has 15 heavy (non-hydrogen) atoms. The van der Waals surface area contributed by atoms with Crippen LogP contribution in [-0.2, 0) is 6.54 Å². The van der Waals surface area contributed by atoms with Crippen LogP contribution in [0, 0.1) is 5.41 Å². The van der Waals surface area contributed by atoms with Gasteiger partial charge in [0, 0.05) is 30.0 Å². The van der Waals surface area contributed by atoms with Crippen LogP contribution in [0.3, 0.4) is 0 Å². The lowest BCUT2D eigenvalue weighted by Gasteiger charge is -2.15. The van der Waals surface area contributed by atoms with Crippen molar-refractivity contribution in [3.63, 3.8) is 0 Å². The van der Waals surface area contributed by atoms with Crippen molar-refractivity contribution in [1.82, 2.24) is 9.88 Å². The van der Waals surface area contributed by atoms with Crippen LogP contribution in [-0.4, -0.2) is 23.0 Å². The molecular formula is C12H15BrN2. The Balaban J connectivity index is 1.66. The average Bonchev–Trinajstić information content (AvgIpc) is 2.83. The van der Waals surface area contributed by atoms with Gasteiger partial charge < -0.3 is 0 Å². The number of hydrogen-bond acceptors (Lipinski definition) is 2.